The summed E-state index contributed by atoms with van der Waals surface area (Å²) in [7, 11) is 3.52. The van der Waals surface area contributed by atoms with Crippen LogP contribution >= 0.6 is 0 Å². The van der Waals surface area contributed by atoms with Crippen molar-refractivity contribution < 1.29 is 14.7 Å². The molecule has 0 saturated carbocycles. The molecule has 142 valence electrons. The third kappa shape index (κ3) is 7.11. The number of benzene rings is 2. The molecule has 7 heteroatoms. The summed E-state index contributed by atoms with van der Waals surface area (Å²) in [4.78, 5) is 26.6. The molecule has 0 fully saturated rings. The predicted molar refractivity (Wildman–Crippen MR) is 107 cm³/mol. The number of rotatable bonds is 5. The molecule has 1 atom stereocenters. The Morgan fingerprint density at radius 2 is 1.67 bits per heavy atom. The van der Waals surface area contributed by atoms with Gasteiger partial charge in [0.2, 0.25) is 5.96 Å². The molecule has 0 aliphatic heterocycles. The average Bonchev–Trinajstić information content (AvgIpc) is 2.67. The SMILES string of the molecule is C=NC(N)=NN(C)C.CC(C(=O)O)c1cccc(C(=O)c2ccccc2)c1. The number of ketones is 1. The first-order valence-corrected chi connectivity index (χ1v) is 8.17. The number of carbonyl (C=O) groups is 2. The standard InChI is InChI=1S/C16H14O3.C4H10N4/c1-11(16(18)19)13-8-5-9-14(10-13)15(17)12-6-3-2-4-7-12;1-6-4(5)7-8(2)3/h2-11H,1H3,(H,18,19);1H2,2-3H3,(H2,5,7). The molecule has 0 aliphatic rings. The van der Waals surface area contributed by atoms with Crippen molar-refractivity contribution in [2.75, 3.05) is 14.1 Å². The van der Waals surface area contributed by atoms with E-state index in [-0.39, 0.29) is 11.7 Å². The van der Waals surface area contributed by atoms with Crippen LogP contribution in [-0.2, 0) is 4.79 Å². The maximum atomic E-state index is 12.2. The molecule has 0 radical (unpaired) electrons. The van der Waals surface area contributed by atoms with Crippen molar-refractivity contribution in [3.8, 4) is 0 Å². The molecule has 0 aromatic heterocycles. The van der Waals surface area contributed by atoms with Gasteiger partial charge in [0.1, 0.15) is 0 Å². The van der Waals surface area contributed by atoms with Crippen molar-refractivity contribution >= 4 is 24.4 Å². The number of hydrazone groups is 1. The Bertz CT molecular complexity index is 817. The van der Waals surface area contributed by atoms with Crippen molar-refractivity contribution in [3.63, 3.8) is 0 Å². The van der Waals surface area contributed by atoms with Gasteiger partial charge >= 0.3 is 5.97 Å². The molecule has 1 unspecified atom stereocenters. The van der Waals surface area contributed by atoms with Crippen LogP contribution in [0, 0.1) is 0 Å². The van der Waals surface area contributed by atoms with Gasteiger partial charge in [-0.15, -0.1) is 5.10 Å². The van der Waals surface area contributed by atoms with E-state index in [4.69, 9.17) is 10.8 Å². The van der Waals surface area contributed by atoms with Crippen molar-refractivity contribution in [2.24, 2.45) is 15.8 Å². The van der Waals surface area contributed by atoms with Gasteiger partial charge in [-0.25, -0.2) is 4.99 Å². The van der Waals surface area contributed by atoms with Crippen molar-refractivity contribution in [1.29, 1.82) is 0 Å². The fraction of sp³-hybridized carbons (Fsp3) is 0.200. The minimum Gasteiger partial charge on any atom is -0.481 e. The summed E-state index contributed by atoms with van der Waals surface area (Å²) in [5.41, 5.74) is 6.90. The summed E-state index contributed by atoms with van der Waals surface area (Å²) in [6.45, 7) is 4.79. The lowest BCUT2D eigenvalue weighted by atomic mass is 9.96. The molecule has 0 amide bonds. The van der Waals surface area contributed by atoms with Crippen LogP contribution in [0.4, 0.5) is 0 Å². The van der Waals surface area contributed by atoms with E-state index in [2.05, 4.69) is 16.8 Å². The minimum absolute atomic E-state index is 0.0972. The summed E-state index contributed by atoms with van der Waals surface area (Å²) in [6.07, 6.45) is 0. The molecule has 0 saturated heterocycles. The molecule has 2 rings (SSSR count). The zero-order chi connectivity index (χ0) is 20.4. The average molecular weight is 368 g/mol. The number of carbonyl (C=O) groups excluding carboxylic acids is 1. The maximum Gasteiger partial charge on any atom is 0.310 e. The summed E-state index contributed by atoms with van der Waals surface area (Å²) in [5.74, 6) is -1.43. The highest BCUT2D eigenvalue weighted by atomic mass is 16.4. The van der Waals surface area contributed by atoms with Crippen LogP contribution in [0.15, 0.2) is 64.7 Å². The second kappa shape index (κ2) is 10.5. The van der Waals surface area contributed by atoms with E-state index in [0.29, 0.717) is 16.7 Å². The Balaban J connectivity index is 0.000000387. The zero-order valence-corrected chi connectivity index (χ0v) is 15.7. The van der Waals surface area contributed by atoms with Gasteiger partial charge in [0, 0.05) is 25.2 Å². The Hall–Kier alpha value is -3.48. The van der Waals surface area contributed by atoms with Crippen LogP contribution < -0.4 is 5.73 Å². The van der Waals surface area contributed by atoms with Crippen LogP contribution in [-0.4, -0.2) is 48.6 Å². The Morgan fingerprint density at radius 1 is 1.07 bits per heavy atom. The highest BCUT2D eigenvalue weighted by Crippen LogP contribution is 2.18. The second-order valence-corrected chi connectivity index (χ2v) is 5.84. The van der Waals surface area contributed by atoms with E-state index < -0.39 is 11.9 Å². The van der Waals surface area contributed by atoms with Gasteiger partial charge in [-0.05, 0) is 25.3 Å². The topological polar surface area (TPSA) is 108 Å². The third-order valence-corrected chi connectivity index (χ3v) is 3.52. The Labute approximate surface area is 158 Å². The van der Waals surface area contributed by atoms with Crippen molar-refractivity contribution in [1.82, 2.24) is 5.01 Å². The van der Waals surface area contributed by atoms with Crippen LogP contribution in [0.1, 0.15) is 34.3 Å². The van der Waals surface area contributed by atoms with Crippen LogP contribution in [0.25, 0.3) is 0 Å². The highest BCUT2D eigenvalue weighted by Gasteiger charge is 2.16. The Kier molecular flexibility index (Phi) is 8.38. The van der Waals surface area contributed by atoms with Crippen molar-refractivity contribution in [2.45, 2.75) is 12.8 Å². The van der Waals surface area contributed by atoms with Crippen LogP contribution in [0.3, 0.4) is 0 Å². The largest absolute Gasteiger partial charge is 0.481 e. The summed E-state index contributed by atoms with van der Waals surface area (Å²) in [6, 6.07) is 15.7. The summed E-state index contributed by atoms with van der Waals surface area (Å²) in [5, 5.41) is 14.3. The number of nitrogens with zero attached hydrogens (tertiary/aromatic N) is 3. The molecule has 2 aromatic carbocycles. The molecule has 0 spiro atoms. The van der Waals surface area contributed by atoms with Gasteiger partial charge in [0.15, 0.2) is 5.78 Å². The van der Waals surface area contributed by atoms with Crippen molar-refractivity contribution in [3.05, 3.63) is 71.3 Å². The molecule has 0 bridgehead atoms. The fourth-order valence-electron chi connectivity index (χ4n) is 2.08. The number of aliphatic imine (C=N–C) groups is 1. The summed E-state index contributed by atoms with van der Waals surface area (Å²) >= 11 is 0. The quantitative estimate of drug-likeness (QED) is 0.365. The lowest BCUT2D eigenvalue weighted by molar-refractivity contribution is -0.138. The van der Waals surface area contributed by atoms with Gasteiger partial charge in [0.05, 0.1) is 5.92 Å². The number of hydrogen-bond acceptors (Lipinski definition) is 4. The normalized spacial score (nSPS) is 11.6. The molecule has 0 heterocycles. The molecular formula is C20H24N4O3. The van der Waals surface area contributed by atoms with E-state index in [1.54, 1.807) is 74.6 Å². The monoisotopic (exact) mass is 368 g/mol. The van der Waals surface area contributed by atoms with E-state index in [1.807, 2.05) is 6.07 Å². The first kappa shape index (κ1) is 21.6. The van der Waals surface area contributed by atoms with Gasteiger partial charge < -0.3 is 10.8 Å². The first-order chi connectivity index (χ1) is 12.8. The van der Waals surface area contributed by atoms with E-state index >= 15 is 0 Å². The van der Waals surface area contributed by atoms with E-state index in [0.717, 1.165) is 0 Å². The van der Waals surface area contributed by atoms with Gasteiger partial charge in [-0.3, -0.25) is 14.6 Å². The summed E-state index contributed by atoms with van der Waals surface area (Å²) < 4.78 is 0. The zero-order valence-electron chi connectivity index (χ0n) is 15.7. The van der Waals surface area contributed by atoms with Gasteiger partial charge in [-0.1, -0.05) is 48.5 Å². The molecule has 2 aromatic rings. The van der Waals surface area contributed by atoms with Gasteiger partial charge in [0.25, 0.3) is 0 Å². The smallest absolute Gasteiger partial charge is 0.310 e. The van der Waals surface area contributed by atoms with E-state index in [9.17, 15) is 9.59 Å². The predicted octanol–water partition coefficient (Wildman–Crippen LogP) is 2.58. The fourth-order valence-corrected chi connectivity index (χ4v) is 2.08. The number of aliphatic carboxylic acids is 1. The van der Waals surface area contributed by atoms with Crippen LogP contribution in [0.2, 0.25) is 0 Å². The number of nitrogens with two attached hydrogens (primary N) is 1. The molecule has 27 heavy (non-hydrogen) atoms. The highest BCUT2D eigenvalue weighted by molar-refractivity contribution is 6.09. The maximum absolute atomic E-state index is 12.2. The number of carboxylic acid groups (broad SMARTS) is 1. The third-order valence-electron chi connectivity index (χ3n) is 3.52. The molecule has 0 aliphatic carbocycles. The minimum atomic E-state index is -0.899. The Morgan fingerprint density at radius 3 is 2.15 bits per heavy atom. The first-order valence-electron chi connectivity index (χ1n) is 8.17. The second-order valence-electron chi connectivity index (χ2n) is 5.84. The number of carboxylic acids is 1. The lowest BCUT2D eigenvalue weighted by Gasteiger charge is -2.08. The van der Waals surface area contributed by atoms with Crippen LogP contribution in [0.5, 0.6) is 0 Å². The molecular weight excluding hydrogens is 344 g/mol. The molecule has 7 nitrogen and oxygen atoms in total. The lowest BCUT2D eigenvalue weighted by Crippen LogP contribution is -2.14. The van der Waals surface area contributed by atoms with E-state index in [1.165, 1.54) is 0 Å². The number of hydrogen-bond donors (Lipinski definition) is 2. The number of guanidine groups is 1. The molecule has 3 N–H and O–H groups in total. The van der Waals surface area contributed by atoms with Gasteiger partial charge in [-0.2, -0.15) is 0 Å².